The van der Waals surface area contributed by atoms with Crippen LogP contribution in [0.2, 0.25) is 0 Å². The lowest BCUT2D eigenvalue weighted by Gasteiger charge is -2.39. The molecule has 20 heavy (non-hydrogen) atoms. The summed E-state index contributed by atoms with van der Waals surface area (Å²) in [4.78, 5) is 0. The third-order valence-electron chi connectivity index (χ3n) is 2.75. The van der Waals surface area contributed by atoms with E-state index in [4.69, 9.17) is 25.5 Å². The van der Waals surface area contributed by atoms with Crippen LogP contribution in [0.15, 0.2) is 30.2 Å². The SMILES string of the molecule is [2H]c1c([2H])c([2H])c(C([2H])([2H])C([2H])O[C@@H]2O[C@H](CO)[C@@H](O)[C@H](O)[C@H]2O)c([2H])c1[2H]. The first-order chi connectivity index (χ1) is 12.9. The largest absolute Gasteiger partial charge is 0.394 e. The number of benzene rings is 1. The number of hydrogen-bond donors (Lipinski definition) is 4. The lowest BCUT2D eigenvalue weighted by atomic mass is 9.99. The normalized spacial score (nSPS) is 42.1. The van der Waals surface area contributed by atoms with Crippen LogP contribution in [0.1, 0.15) is 16.5 Å². The lowest BCUT2D eigenvalue weighted by Crippen LogP contribution is -2.59. The molecule has 0 spiro atoms. The van der Waals surface area contributed by atoms with Gasteiger partial charge >= 0.3 is 0 Å². The van der Waals surface area contributed by atoms with Crippen LogP contribution in [0, 0.1) is 0 Å². The van der Waals surface area contributed by atoms with E-state index in [-0.39, 0.29) is 0 Å². The molecule has 0 amide bonds. The van der Waals surface area contributed by atoms with Gasteiger partial charge in [-0.2, -0.15) is 0 Å². The minimum atomic E-state index is -2.94. The summed E-state index contributed by atoms with van der Waals surface area (Å²) in [5.74, 6) is 0. The first-order valence-electron chi connectivity index (χ1n) is 9.89. The molecule has 1 saturated heterocycles. The number of hydrogen-bond acceptors (Lipinski definition) is 6. The Hall–Kier alpha value is -1.02. The molecule has 6 heteroatoms. The predicted octanol–water partition coefficient (Wildman–Crippen LogP) is -0.954. The van der Waals surface area contributed by atoms with Crippen LogP contribution in [0.5, 0.6) is 0 Å². The van der Waals surface area contributed by atoms with Gasteiger partial charge in [0.1, 0.15) is 24.4 Å². The van der Waals surface area contributed by atoms with Gasteiger partial charge in [0.25, 0.3) is 0 Å². The summed E-state index contributed by atoms with van der Waals surface area (Å²) >= 11 is 0. The summed E-state index contributed by atoms with van der Waals surface area (Å²) in [6, 6.07) is -4.03. The number of ether oxygens (including phenoxy) is 2. The molecular formula is C14H20O6. The maximum Gasteiger partial charge on any atom is 0.186 e. The van der Waals surface area contributed by atoms with Gasteiger partial charge in [0.2, 0.25) is 0 Å². The summed E-state index contributed by atoms with van der Waals surface area (Å²) in [5.41, 5.74) is -0.817. The Morgan fingerprint density at radius 1 is 1.15 bits per heavy atom. The van der Waals surface area contributed by atoms with E-state index in [1.807, 2.05) is 0 Å². The van der Waals surface area contributed by atoms with Crippen LogP contribution >= 0.6 is 0 Å². The number of aliphatic hydroxyl groups excluding tert-OH is 4. The molecule has 112 valence electrons. The highest BCUT2D eigenvalue weighted by atomic mass is 16.7. The fraction of sp³-hybridized carbons (Fsp3) is 0.571. The minimum absolute atomic E-state index is 0.731. The molecule has 2 rings (SSSR count). The van der Waals surface area contributed by atoms with Crippen molar-refractivity contribution in [1.29, 1.82) is 0 Å². The summed E-state index contributed by atoms with van der Waals surface area (Å²) in [7, 11) is 0. The first-order valence-corrected chi connectivity index (χ1v) is 5.81. The second kappa shape index (κ2) is 7.12. The van der Waals surface area contributed by atoms with Gasteiger partial charge in [-0.3, -0.25) is 0 Å². The van der Waals surface area contributed by atoms with Crippen LogP contribution in [0.4, 0.5) is 0 Å². The highest BCUT2D eigenvalue weighted by molar-refractivity contribution is 5.14. The van der Waals surface area contributed by atoms with Crippen molar-refractivity contribution in [3.63, 3.8) is 0 Å². The molecule has 1 heterocycles. The van der Waals surface area contributed by atoms with Crippen LogP contribution in [-0.2, 0) is 15.8 Å². The Kier molecular flexibility index (Phi) is 2.79. The van der Waals surface area contributed by atoms with Crippen molar-refractivity contribution in [3.8, 4) is 0 Å². The predicted molar refractivity (Wildman–Crippen MR) is 69.9 cm³/mol. The molecule has 1 aliphatic heterocycles. The lowest BCUT2D eigenvalue weighted by molar-refractivity contribution is -0.300. The van der Waals surface area contributed by atoms with E-state index in [0.29, 0.717) is 0 Å². The number of rotatable bonds is 5. The number of aliphatic hydroxyl groups is 4. The summed E-state index contributed by atoms with van der Waals surface area (Å²) in [6.07, 6.45) is -11.5. The molecule has 0 aromatic heterocycles. The molecule has 0 saturated carbocycles. The third-order valence-corrected chi connectivity index (χ3v) is 2.75. The van der Waals surface area contributed by atoms with Gasteiger partial charge < -0.3 is 29.9 Å². The summed E-state index contributed by atoms with van der Waals surface area (Å²) in [6.45, 7) is -3.01. The maximum absolute atomic E-state index is 9.93. The molecule has 1 unspecified atom stereocenters. The molecule has 1 aromatic carbocycles. The van der Waals surface area contributed by atoms with Gasteiger partial charge in [-0.05, 0) is 11.9 Å². The van der Waals surface area contributed by atoms with Crippen molar-refractivity contribution in [2.45, 2.75) is 37.1 Å². The summed E-state index contributed by atoms with van der Waals surface area (Å²) in [5, 5.41) is 38.5. The zero-order valence-corrected chi connectivity index (χ0v) is 10.3. The Morgan fingerprint density at radius 3 is 2.50 bits per heavy atom. The Labute approximate surface area is 128 Å². The topological polar surface area (TPSA) is 99.4 Å². The molecule has 0 aliphatic carbocycles. The van der Waals surface area contributed by atoms with Gasteiger partial charge in [-0.15, -0.1) is 0 Å². The van der Waals surface area contributed by atoms with Crippen LogP contribution in [-0.4, -0.2) is 64.3 Å². The van der Waals surface area contributed by atoms with E-state index in [0.717, 1.165) is 0 Å². The van der Waals surface area contributed by atoms with E-state index >= 15 is 0 Å². The van der Waals surface area contributed by atoms with E-state index < -0.39 is 86.0 Å². The molecule has 1 fully saturated rings. The standard InChI is InChI=1S/C14H20O6/c15-8-10-11(16)12(17)13(18)14(20-10)19-7-6-9-4-2-1-3-5-9/h1-5,10-18H,6-8H2/t10-,11-,12+,13-,14-/m1/s1/i1D,2D,3D,4D,5D,6D2,7D/t7?,10-,11-,12+,13-,14-. The average molecular weight is 292 g/mol. The van der Waals surface area contributed by atoms with Crippen LogP contribution in [0.3, 0.4) is 0 Å². The van der Waals surface area contributed by atoms with Gasteiger partial charge in [-0.25, -0.2) is 0 Å². The molecule has 1 aromatic rings. The van der Waals surface area contributed by atoms with Crippen LogP contribution in [0.25, 0.3) is 0 Å². The van der Waals surface area contributed by atoms with Gasteiger partial charge in [0.15, 0.2) is 6.29 Å². The second-order valence-corrected chi connectivity index (χ2v) is 4.10. The zero-order valence-electron chi connectivity index (χ0n) is 18.3. The monoisotopic (exact) mass is 292 g/mol. The van der Waals surface area contributed by atoms with Crippen molar-refractivity contribution >= 4 is 0 Å². The minimum Gasteiger partial charge on any atom is -0.394 e. The smallest absolute Gasteiger partial charge is 0.186 e. The quantitative estimate of drug-likeness (QED) is 0.558. The summed E-state index contributed by atoms with van der Waals surface area (Å²) < 4.78 is 72.5. The highest BCUT2D eigenvalue weighted by Gasteiger charge is 2.43. The molecule has 6 atom stereocenters. The average Bonchev–Trinajstić information content (AvgIpc) is 2.64. The molecular weight excluding hydrogens is 264 g/mol. The van der Waals surface area contributed by atoms with E-state index in [1.165, 1.54) is 0 Å². The van der Waals surface area contributed by atoms with E-state index in [2.05, 4.69) is 0 Å². The van der Waals surface area contributed by atoms with Crippen molar-refractivity contribution in [2.24, 2.45) is 0 Å². The Balaban J connectivity index is 2.35. The van der Waals surface area contributed by atoms with E-state index in [9.17, 15) is 15.3 Å². The Morgan fingerprint density at radius 2 is 1.85 bits per heavy atom. The van der Waals surface area contributed by atoms with Gasteiger partial charge in [-0.1, -0.05) is 30.2 Å². The second-order valence-electron chi connectivity index (χ2n) is 4.10. The van der Waals surface area contributed by atoms with Crippen LogP contribution < -0.4 is 0 Å². The zero-order chi connectivity index (χ0) is 21.5. The Bertz CT molecular complexity index is 703. The molecule has 6 nitrogen and oxygen atoms in total. The fourth-order valence-corrected chi connectivity index (χ4v) is 1.66. The third kappa shape index (κ3) is 3.54. The molecule has 1 aliphatic rings. The highest BCUT2D eigenvalue weighted by Crippen LogP contribution is 2.22. The molecule has 0 radical (unpaired) electrons. The van der Waals surface area contributed by atoms with Crippen molar-refractivity contribution in [1.82, 2.24) is 0 Å². The van der Waals surface area contributed by atoms with Crippen molar-refractivity contribution < 1.29 is 40.9 Å². The molecule has 0 bridgehead atoms. The van der Waals surface area contributed by atoms with Crippen molar-refractivity contribution in [3.05, 3.63) is 35.8 Å². The fourth-order valence-electron chi connectivity index (χ4n) is 1.66. The van der Waals surface area contributed by atoms with Crippen molar-refractivity contribution in [2.75, 3.05) is 13.2 Å². The molecule has 4 N–H and O–H groups in total. The van der Waals surface area contributed by atoms with Gasteiger partial charge in [0, 0.05) is 2.74 Å². The maximum atomic E-state index is 9.93. The van der Waals surface area contributed by atoms with E-state index in [1.54, 1.807) is 0 Å². The first kappa shape index (κ1) is 7.84. The van der Waals surface area contributed by atoms with Gasteiger partial charge in [0.05, 0.1) is 21.4 Å².